The maximum atomic E-state index is 12.2. The van der Waals surface area contributed by atoms with Gasteiger partial charge < -0.3 is 5.32 Å². The SMILES string of the molecule is CCCCC(C)NCc1ccc(SC(F)(F)F)cc1. The van der Waals surface area contributed by atoms with Crippen molar-refractivity contribution in [3.05, 3.63) is 29.8 Å². The Morgan fingerprint density at radius 1 is 1.21 bits per heavy atom. The summed E-state index contributed by atoms with van der Waals surface area (Å²) in [5, 5.41) is 3.37. The molecule has 5 heteroatoms. The molecule has 1 rings (SSSR count). The number of nitrogens with one attached hydrogen (secondary N) is 1. The third-order valence-corrected chi connectivity index (χ3v) is 3.54. The molecule has 0 heterocycles. The van der Waals surface area contributed by atoms with Crippen LogP contribution in [0.4, 0.5) is 13.2 Å². The quantitative estimate of drug-likeness (QED) is 0.712. The number of unbranched alkanes of at least 4 members (excludes halogenated alkanes) is 1. The second-order valence-corrected chi connectivity index (χ2v) is 5.75. The van der Waals surface area contributed by atoms with Crippen molar-refractivity contribution in [2.45, 2.75) is 56.1 Å². The number of hydrogen-bond acceptors (Lipinski definition) is 2. The van der Waals surface area contributed by atoms with Gasteiger partial charge in [0.2, 0.25) is 0 Å². The maximum Gasteiger partial charge on any atom is 0.446 e. The Hall–Kier alpha value is -0.680. The molecule has 1 aromatic rings. The molecule has 19 heavy (non-hydrogen) atoms. The van der Waals surface area contributed by atoms with Crippen LogP contribution in [0.25, 0.3) is 0 Å². The van der Waals surface area contributed by atoms with E-state index in [4.69, 9.17) is 0 Å². The van der Waals surface area contributed by atoms with Gasteiger partial charge in [-0.05, 0) is 42.8 Å². The number of thioether (sulfide) groups is 1. The van der Waals surface area contributed by atoms with Gasteiger partial charge in [0, 0.05) is 17.5 Å². The van der Waals surface area contributed by atoms with Gasteiger partial charge in [-0.1, -0.05) is 31.9 Å². The van der Waals surface area contributed by atoms with E-state index >= 15 is 0 Å². The average molecular weight is 291 g/mol. The van der Waals surface area contributed by atoms with Crippen LogP contribution in [0, 0.1) is 0 Å². The summed E-state index contributed by atoms with van der Waals surface area (Å²) in [5.74, 6) is 0. The summed E-state index contributed by atoms with van der Waals surface area (Å²) >= 11 is -0.0755. The first-order valence-electron chi connectivity index (χ1n) is 6.49. The van der Waals surface area contributed by atoms with Gasteiger partial charge in [-0.2, -0.15) is 13.2 Å². The lowest BCUT2D eigenvalue weighted by Crippen LogP contribution is -2.25. The van der Waals surface area contributed by atoms with Crippen molar-refractivity contribution in [1.82, 2.24) is 5.32 Å². The van der Waals surface area contributed by atoms with E-state index in [-0.39, 0.29) is 16.7 Å². The van der Waals surface area contributed by atoms with E-state index in [1.165, 1.54) is 25.0 Å². The Morgan fingerprint density at radius 3 is 2.37 bits per heavy atom. The van der Waals surface area contributed by atoms with E-state index in [9.17, 15) is 13.2 Å². The van der Waals surface area contributed by atoms with E-state index < -0.39 is 5.51 Å². The van der Waals surface area contributed by atoms with Crippen LogP contribution >= 0.6 is 11.8 Å². The summed E-state index contributed by atoms with van der Waals surface area (Å²) in [7, 11) is 0. The van der Waals surface area contributed by atoms with Crippen LogP contribution in [0.5, 0.6) is 0 Å². The first-order chi connectivity index (χ1) is 8.90. The third kappa shape index (κ3) is 7.47. The Morgan fingerprint density at radius 2 is 1.84 bits per heavy atom. The maximum absolute atomic E-state index is 12.2. The van der Waals surface area contributed by atoms with Crippen molar-refractivity contribution in [1.29, 1.82) is 0 Å². The minimum absolute atomic E-state index is 0.0755. The predicted octanol–water partition coefficient (Wildman–Crippen LogP) is 4.97. The van der Waals surface area contributed by atoms with Crippen LogP contribution in [0.15, 0.2) is 29.2 Å². The molecular weight excluding hydrogens is 271 g/mol. The molecule has 0 bridgehead atoms. The van der Waals surface area contributed by atoms with Gasteiger partial charge in [-0.25, -0.2) is 0 Å². The lowest BCUT2D eigenvalue weighted by atomic mass is 10.1. The Balaban J connectivity index is 2.40. The molecule has 1 atom stereocenters. The van der Waals surface area contributed by atoms with E-state index in [0.717, 1.165) is 12.0 Å². The fourth-order valence-electron chi connectivity index (χ4n) is 1.71. The number of halogens is 3. The molecule has 0 aliphatic carbocycles. The summed E-state index contributed by atoms with van der Waals surface area (Å²) in [6, 6.07) is 6.96. The molecule has 0 radical (unpaired) electrons. The number of benzene rings is 1. The zero-order valence-corrected chi connectivity index (χ0v) is 12.1. The van der Waals surface area contributed by atoms with Crippen molar-refractivity contribution in [3.8, 4) is 0 Å². The van der Waals surface area contributed by atoms with Gasteiger partial charge in [-0.15, -0.1) is 0 Å². The standard InChI is InChI=1S/C14H20F3NS/c1-3-4-5-11(2)18-10-12-6-8-13(9-7-12)19-14(15,16)17/h6-9,11,18H,3-5,10H2,1-2H3. The molecular formula is C14H20F3NS. The third-order valence-electron chi connectivity index (χ3n) is 2.80. The summed E-state index contributed by atoms with van der Waals surface area (Å²) in [6.45, 7) is 4.98. The molecule has 0 spiro atoms. The van der Waals surface area contributed by atoms with Crippen LogP contribution in [-0.2, 0) is 6.54 Å². The smallest absolute Gasteiger partial charge is 0.310 e. The van der Waals surface area contributed by atoms with Crippen molar-refractivity contribution in [3.63, 3.8) is 0 Å². The van der Waals surface area contributed by atoms with Crippen LogP contribution in [0.1, 0.15) is 38.7 Å². The van der Waals surface area contributed by atoms with E-state index in [0.29, 0.717) is 12.6 Å². The predicted molar refractivity (Wildman–Crippen MR) is 74.2 cm³/mol. The highest BCUT2D eigenvalue weighted by Gasteiger charge is 2.28. The summed E-state index contributed by atoms with van der Waals surface area (Å²) in [4.78, 5) is 0.232. The summed E-state index contributed by atoms with van der Waals surface area (Å²) in [6.07, 6.45) is 3.49. The van der Waals surface area contributed by atoms with Crippen LogP contribution < -0.4 is 5.32 Å². The van der Waals surface area contributed by atoms with Gasteiger partial charge in [0.05, 0.1) is 0 Å². The largest absolute Gasteiger partial charge is 0.446 e. The topological polar surface area (TPSA) is 12.0 Å². The second kappa shape index (κ2) is 7.80. The molecule has 1 aromatic carbocycles. The molecule has 0 saturated carbocycles. The van der Waals surface area contributed by atoms with Gasteiger partial charge in [0.15, 0.2) is 0 Å². The molecule has 0 fully saturated rings. The first kappa shape index (κ1) is 16.4. The molecule has 0 amide bonds. The normalized spacial score (nSPS) is 13.5. The molecule has 0 aromatic heterocycles. The van der Waals surface area contributed by atoms with Crippen molar-refractivity contribution in [2.24, 2.45) is 0 Å². The Kier molecular flexibility index (Phi) is 6.72. The summed E-state index contributed by atoms with van der Waals surface area (Å²) < 4.78 is 36.5. The fourth-order valence-corrected chi connectivity index (χ4v) is 2.25. The van der Waals surface area contributed by atoms with Crippen LogP contribution in [0.2, 0.25) is 0 Å². The molecule has 0 saturated heterocycles. The van der Waals surface area contributed by atoms with Crippen molar-refractivity contribution in [2.75, 3.05) is 0 Å². The van der Waals surface area contributed by atoms with E-state index in [2.05, 4.69) is 19.2 Å². The highest BCUT2D eigenvalue weighted by molar-refractivity contribution is 8.00. The van der Waals surface area contributed by atoms with Gasteiger partial charge in [0.25, 0.3) is 0 Å². The monoisotopic (exact) mass is 291 g/mol. The zero-order valence-electron chi connectivity index (χ0n) is 11.3. The second-order valence-electron chi connectivity index (χ2n) is 4.62. The number of alkyl halides is 3. The minimum Gasteiger partial charge on any atom is -0.310 e. The van der Waals surface area contributed by atoms with Gasteiger partial charge in [0.1, 0.15) is 0 Å². The number of rotatable bonds is 7. The van der Waals surface area contributed by atoms with E-state index in [1.54, 1.807) is 12.1 Å². The zero-order chi connectivity index (χ0) is 14.3. The molecule has 108 valence electrons. The van der Waals surface area contributed by atoms with Gasteiger partial charge >= 0.3 is 5.51 Å². The molecule has 0 aliphatic heterocycles. The molecule has 1 N–H and O–H groups in total. The highest BCUT2D eigenvalue weighted by Crippen LogP contribution is 2.36. The average Bonchev–Trinajstić information content (AvgIpc) is 2.33. The lowest BCUT2D eigenvalue weighted by molar-refractivity contribution is -0.0328. The van der Waals surface area contributed by atoms with Crippen molar-refractivity contribution >= 4 is 11.8 Å². The van der Waals surface area contributed by atoms with Crippen LogP contribution in [-0.4, -0.2) is 11.6 Å². The van der Waals surface area contributed by atoms with Gasteiger partial charge in [-0.3, -0.25) is 0 Å². The molecule has 0 aliphatic rings. The highest BCUT2D eigenvalue weighted by atomic mass is 32.2. The van der Waals surface area contributed by atoms with E-state index in [1.807, 2.05) is 0 Å². The first-order valence-corrected chi connectivity index (χ1v) is 7.30. The van der Waals surface area contributed by atoms with Crippen LogP contribution in [0.3, 0.4) is 0 Å². The number of hydrogen-bond donors (Lipinski definition) is 1. The fraction of sp³-hybridized carbons (Fsp3) is 0.571. The summed E-state index contributed by atoms with van der Waals surface area (Å²) in [5.41, 5.74) is -3.20. The minimum atomic E-state index is -4.21. The molecule has 1 unspecified atom stereocenters. The van der Waals surface area contributed by atoms with Crippen molar-refractivity contribution < 1.29 is 13.2 Å². The Bertz CT molecular complexity index is 362. The molecule has 1 nitrogen and oxygen atoms in total. The Labute approximate surface area is 117 Å². The lowest BCUT2D eigenvalue weighted by Gasteiger charge is -2.13.